The third kappa shape index (κ3) is 2.98. The molecule has 6 heteroatoms. The Morgan fingerprint density at radius 3 is 2.96 bits per heavy atom. The molecule has 1 atom stereocenters. The van der Waals surface area contributed by atoms with Crippen LogP contribution >= 0.6 is 0 Å². The van der Waals surface area contributed by atoms with Crippen LogP contribution in [0.5, 0.6) is 0 Å². The first-order chi connectivity index (χ1) is 11.1. The molecule has 3 rings (SSSR count). The molecule has 2 aromatic heterocycles. The van der Waals surface area contributed by atoms with Crippen molar-refractivity contribution in [2.45, 2.75) is 26.3 Å². The molecule has 0 spiro atoms. The van der Waals surface area contributed by atoms with Gasteiger partial charge in [-0.3, -0.25) is 0 Å². The lowest BCUT2D eigenvalue weighted by molar-refractivity contribution is 0.0519. The molecule has 6 nitrogen and oxygen atoms in total. The highest BCUT2D eigenvalue weighted by Crippen LogP contribution is 2.22. The molecule has 0 aliphatic rings. The van der Waals surface area contributed by atoms with Gasteiger partial charge < -0.3 is 20.4 Å². The zero-order chi connectivity index (χ0) is 16.4. The van der Waals surface area contributed by atoms with Crippen molar-refractivity contribution in [3.05, 3.63) is 53.2 Å². The van der Waals surface area contributed by atoms with Gasteiger partial charge in [-0.25, -0.2) is 9.78 Å². The second-order valence-electron chi connectivity index (χ2n) is 5.49. The van der Waals surface area contributed by atoms with Crippen LogP contribution in [-0.2, 0) is 11.2 Å². The van der Waals surface area contributed by atoms with Gasteiger partial charge in [-0.1, -0.05) is 18.2 Å². The van der Waals surface area contributed by atoms with Crippen molar-refractivity contribution < 1.29 is 9.53 Å². The summed E-state index contributed by atoms with van der Waals surface area (Å²) in [7, 11) is 0. The number of hydrogen-bond acceptors (Lipinski definition) is 4. The molecule has 0 aliphatic heterocycles. The van der Waals surface area contributed by atoms with Crippen LogP contribution in [0.15, 0.2) is 30.5 Å². The number of nitrogens with two attached hydrogens (primary N) is 1. The van der Waals surface area contributed by atoms with Crippen molar-refractivity contribution in [3.8, 4) is 0 Å². The van der Waals surface area contributed by atoms with Crippen LogP contribution < -0.4 is 5.73 Å². The van der Waals surface area contributed by atoms with Crippen molar-refractivity contribution in [2.24, 2.45) is 5.73 Å². The fourth-order valence-corrected chi connectivity index (χ4v) is 2.69. The number of nitrogens with zero attached hydrogens (tertiary/aromatic N) is 1. The first kappa shape index (κ1) is 15.3. The molecule has 3 aromatic rings. The third-order valence-corrected chi connectivity index (χ3v) is 3.84. The number of imidazole rings is 1. The number of carbonyl (C=O) groups excluding carboxylic acids is 1. The monoisotopic (exact) mass is 312 g/mol. The number of benzene rings is 1. The zero-order valence-electron chi connectivity index (χ0n) is 13.2. The molecule has 0 fully saturated rings. The van der Waals surface area contributed by atoms with E-state index < -0.39 is 5.97 Å². The van der Waals surface area contributed by atoms with E-state index in [1.165, 1.54) is 0 Å². The summed E-state index contributed by atoms with van der Waals surface area (Å²) in [5.41, 5.74) is 9.46. The van der Waals surface area contributed by atoms with Crippen molar-refractivity contribution in [1.82, 2.24) is 15.0 Å². The number of carbonyl (C=O) groups is 1. The number of nitrogens with one attached hydrogen (secondary N) is 2. The average Bonchev–Trinajstić information content (AvgIpc) is 3.12. The molecular weight excluding hydrogens is 292 g/mol. The maximum atomic E-state index is 11.8. The number of esters is 1. The van der Waals surface area contributed by atoms with Crippen molar-refractivity contribution >= 4 is 16.9 Å². The second-order valence-corrected chi connectivity index (χ2v) is 5.49. The van der Waals surface area contributed by atoms with Gasteiger partial charge in [0.1, 0.15) is 5.82 Å². The predicted octanol–water partition coefficient (Wildman–Crippen LogP) is 2.62. The minimum absolute atomic E-state index is 0.302. The summed E-state index contributed by atoms with van der Waals surface area (Å²) in [5.74, 6) is 0.169. The maximum absolute atomic E-state index is 11.8. The van der Waals surface area contributed by atoms with E-state index in [0.717, 1.165) is 16.5 Å². The second kappa shape index (κ2) is 6.26. The van der Waals surface area contributed by atoms with Crippen LogP contribution in [0.25, 0.3) is 10.9 Å². The molecule has 0 aliphatic carbocycles. The van der Waals surface area contributed by atoms with Gasteiger partial charge in [-0.15, -0.1) is 0 Å². The SMILES string of the molecule is CCOC(=O)c1nc(C(N)Cc2c[nH]c3ccccc23)[nH]c1C. The summed E-state index contributed by atoms with van der Waals surface area (Å²) in [6.45, 7) is 3.88. The van der Waals surface area contributed by atoms with Crippen molar-refractivity contribution in [3.63, 3.8) is 0 Å². The predicted molar refractivity (Wildman–Crippen MR) is 88.2 cm³/mol. The highest BCUT2D eigenvalue weighted by Gasteiger charge is 2.20. The number of fused-ring (bicyclic) bond motifs is 1. The fourth-order valence-electron chi connectivity index (χ4n) is 2.69. The lowest BCUT2D eigenvalue weighted by Gasteiger charge is -2.07. The van der Waals surface area contributed by atoms with Gasteiger partial charge in [0.2, 0.25) is 0 Å². The van der Waals surface area contributed by atoms with Gasteiger partial charge >= 0.3 is 5.97 Å². The van der Waals surface area contributed by atoms with Crippen LogP contribution in [0.1, 0.15) is 40.5 Å². The summed E-state index contributed by atoms with van der Waals surface area (Å²) in [6, 6.07) is 7.76. The first-order valence-electron chi connectivity index (χ1n) is 7.64. The molecule has 23 heavy (non-hydrogen) atoms. The average molecular weight is 312 g/mol. The Morgan fingerprint density at radius 1 is 1.39 bits per heavy atom. The summed E-state index contributed by atoms with van der Waals surface area (Å²) in [5, 5.41) is 1.15. The van der Waals surface area contributed by atoms with E-state index in [1.54, 1.807) is 13.8 Å². The number of aromatic amines is 2. The Balaban J connectivity index is 1.82. The van der Waals surface area contributed by atoms with Crippen LogP contribution in [0.4, 0.5) is 0 Å². The Morgan fingerprint density at radius 2 is 2.17 bits per heavy atom. The van der Waals surface area contributed by atoms with E-state index in [0.29, 0.717) is 30.2 Å². The number of aryl methyl sites for hydroxylation is 1. The van der Waals surface area contributed by atoms with Gasteiger partial charge in [0.25, 0.3) is 0 Å². The Kier molecular flexibility index (Phi) is 4.16. The maximum Gasteiger partial charge on any atom is 0.358 e. The standard InChI is InChI=1S/C17H20N4O2/c1-3-23-17(22)15-10(2)20-16(21-15)13(18)8-11-9-19-14-7-5-4-6-12(11)14/h4-7,9,13,19H,3,8,18H2,1-2H3,(H,20,21). The molecule has 1 aromatic carbocycles. The Bertz CT molecular complexity index is 834. The van der Waals surface area contributed by atoms with Gasteiger partial charge in [0.15, 0.2) is 5.69 Å². The number of ether oxygens (including phenoxy) is 1. The minimum Gasteiger partial charge on any atom is -0.461 e. The highest BCUT2D eigenvalue weighted by atomic mass is 16.5. The van der Waals surface area contributed by atoms with E-state index in [1.807, 2.05) is 24.4 Å². The number of para-hydroxylation sites is 1. The molecular formula is C17H20N4O2. The largest absolute Gasteiger partial charge is 0.461 e. The van der Waals surface area contributed by atoms with Gasteiger partial charge in [-0.05, 0) is 31.9 Å². The normalized spacial score (nSPS) is 12.5. The third-order valence-electron chi connectivity index (χ3n) is 3.84. The van der Waals surface area contributed by atoms with Crippen LogP contribution in [0.3, 0.4) is 0 Å². The molecule has 0 radical (unpaired) electrons. The molecule has 0 bridgehead atoms. The van der Waals surface area contributed by atoms with E-state index >= 15 is 0 Å². The Labute approximate surface area is 134 Å². The topological polar surface area (TPSA) is 96.8 Å². The number of hydrogen-bond donors (Lipinski definition) is 3. The summed E-state index contributed by atoms with van der Waals surface area (Å²) in [4.78, 5) is 22.5. The molecule has 120 valence electrons. The van der Waals surface area contributed by atoms with Gasteiger partial charge in [0.05, 0.1) is 12.6 Å². The van der Waals surface area contributed by atoms with Crippen LogP contribution in [-0.4, -0.2) is 27.5 Å². The molecule has 4 N–H and O–H groups in total. The lowest BCUT2D eigenvalue weighted by atomic mass is 10.1. The van der Waals surface area contributed by atoms with Gasteiger partial charge in [0, 0.05) is 22.8 Å². The van der Waals surface area contributed by atoms with E-state index in [4.69, 9.17) is 10.5 Å². The minimum atomic E-state index is -0.424. The highest BCUT2D eigenvalue weighted by molar-refractivity contribution is 5.88. The van der Waals surface area contributed by atoms with E-state index in [9.17, 15) is 4.79 Å². The Hall–Kier alpha value is -2.60. The number of H-pyrrole nitrogens is 2. The fraction of sp³-hybridized carbons (Fsp3) is 0.294. The lowest BCUT2D eigenvalue weighted by Crippen LogP contribution is -2.15. The zero-order valence-corrected chi connectivity index (χ0v) is 13.2. The number of rotatable bonds is 5. The quantitative estimate of drug-likeness (QED) is 0.631. The molecule has 1 unspecified atom stereocenters. The number of aromatic nitrogens is 3. The summed E-state index contributed by atoms with van der Waals surface area (Å²) >= 11 is 0. The van der Waals surface area contributed by atoms with Crippen LogP contribution in [0, 0.1) is 6.92 Å². The molecule has 0 saturated heterocycles. The van der Waals surface area contributed by atoms with Crippen molar-refractivity contribution in [2.75, 3.05) is 6.61 Å². The molecule has 0 amide bonds. The summed E-state index contributed by atoms with van der Waals surface area (Å²) < 4.78 is 5.00. The van der Waals surface area contributed by atoms with Crippen LogP contribution in [0.2, 0.25) is 0 Å². The van der Waals surface area contributed by atoms with E-state index in [-0.39, 0.29) is 6.04 Å². The smallest absolute Gasteiger partial charge is 0.358 e. The first-order valence-corrected chi connectivity index (χ1v) is 7.64. The molecule has 0 saturated carbocycles. The molecule has 2 heterocycles. The summed E-state index contributed by atoms with van der Waals surface area (Å²) in [6.07, 6.45) is 2.59. The van der Waals surface area contributed by atoms with Crippen molar-refractivity contribution in [1.29, 1.82) is 0 Å². The van der Waals surface area contributed by atoms with E-state index in [2.05, 4.69) is 21.0 Å². The van der Waals surface area contributed by atoms with Gasteiger partial charge in [-0.2, -0.15) is 0 Å².